The number of carbonyl (C=O) groups is 1. The molecule has 2 heterocycles. The first-order chi connectivity index (χ1) is 6.31. The highest BCUT2D eigenvalue weighted by atomic mass is 16.1. The van der Waals surface area contributed by atoms with E-state index in [1.807, 2.05) is 17.2 Å². The van der Waals surface area contributed by atoms with Gasteiger partial charge in [0.05, 0.1) is 12.2 Å². The Kier molecular flexibility index (Phi) is 1.73. The molecule has 0 radical (unpaired) electrons. The van der Waals surface area contributed by atoms with Crippen LogP contribution in [0.15, 0.2) is 40.8 Å². The monoisotopic (exact) mass is 175 g/mol. The molecular weight excluding hydrogens is 166 g/mol. The molecule has 0 saturated heterocycles. The first kappa shape index (κ1) is 7.79. The largest absolute Gasteiger partial charge is 0.396 e. The number of fused-ring (bicyclic) bond motifs is 1. The Morgan fingerprint density at radius 2 is 2.46 bits per heavy atom. The minimum atomic E-state index is 0.549. The molecule has 2 N–H and O–H groups in total. The quantitative estimate of drug-likeness (QED) is 0.577. The molecule has 0 atom stereocenters. The van der Waals surface area contributed by atoms with Crippen molar-refractivity contribution in [2.75, 3.05) is 6.54 Å². The number of nitrogens with zero attached hydrogens (tertiary/aromatic N) is 2. The smallest absolute Gasteiger partial charge is 0.156 e. The van der Waals surface area contributed by atoms with E-state index in [4.69, 9.17) is 5.73 Å². The molecule has 4 heteroatoms. The van der Waals surface area contributed by atoms with Gasteiger partial charge in [0.25, 0.3) is 0 Å². The van der Waals surface area contributed by atoms with Gasteiger partial charge < -0.3 is 10.6 Å². The van der Waals surface area contributed by atoms with E-state index in [1.165, 1.54) is 0 Å². The second kappa shape index (κ2) is 2.90. The van der Waals surface area contributed by atoms with Crippen LogP contribution in [0.5, 0.6) is 0 Å². The number of aliphatic imine (C=N–C) groups is 1. The molecule has 0 spiro atoms. The van der Waals surface area contributed by atoms with Crippen molar-refractivity contribution in [2.45, 2.75) is 0 Å². The van der Waals surface area contributed by atoms with Crippen LogP contribution in [0.4, 0.5) is 0 Å². The lowest BCUT2D eigenvalue weighted by Crippen LogP contribution is -2.35. The third-order valence-electron chi connectivity index (χ3n) is 1.93. The number of amidine groups is 1. The molecule has 0 bridgehead atoms. The molecule has 2 rings (SSSR count). The Balaban J connectivity index is 2.37. The number of allylic oxidation sites excluding steroid dienone is 2. The predicted octanol–water partition coefficient (Wildman–Crippen LogP) is 0.153. The summed E-state index contributed by atoms with van der Waals surface area (Å²) in [6.45, 7) is 0.549. The Morgan fingerprint density at radius 3 is 3.23 bits per heavy atom. The Labute approximate surface area is 75.7 Å². The summed E-state index contributed by atoms with van der Waals surface area (Å²) in [5.74, 6) is 0.716. The normalized spacial score (nSPS) is 20.0. The molecule has 66 valence electrons. The van der Waals surface area contributed by atoms with Gasteiger partial charge in [0.2, 0.25) is 0 Å². The maximum atomic E-state index is 10.5. The third-order valence-corrected chi connectivity index (χ3v) is 1.93. The fraction of sp³-hybridized carbons (Fsp3) is 0.111. The summed E-state index contributed by atoms with van der Waals surface area (Å²) in [7, 11) is 0. The summed E-state index contributed by atoms with van der Waals surface area (Å²) in [6, 6.07) is 0. The summed E-state index contributed by atoms with van der Waals surface area (Å²) in [5.41, 5.74) is 6.98. The summed E-state index contributed by atoms with van der Waals surface area (Å²) < 4.78 is 0. The zero-order valence-corrected chi connectivity index (χ0v) is 6.97. The molecule has 0 unspecified atom stereocenters. The fourth-order valence-electron chi connectivity index (χ4n) is 1.29. The number of rotatable bonds is 1. The predicted molar refractivity (Wildman–Crippen MR) is 49.7 cm³/mol. The van der Waals surface area contributed by atoms with E-state index in [9.17, 15) is 4.79 Å². The van der Waals surface area contributed by atoms with Crippen LogP contribution in [-0.4, -0.2) is 23.6 Å². The van der Waals surface area contributed by atoms with Crippen molar-refractivity contribution in [2.24, 2.45) is 10.7 Å². The van der Waals surface area contributed by atoms with E-state index in [0.717, 1.165) is 6.29 Å². The molecule has 0 aromatic rings. The van der Waals surface area contributed by atoms with E-state index < -0.39 is 0 Å². The standard InChI is InChI=1S/C9H9N3O/c10-8-2-1-3-12-5-7(6-13)4-11-9(8)12/h1-4,6H,5,10H2. The topological polar surface area (TPSA) is 58.7 Å². The molecule has 0 aliphatic carbocycles. The lowest BCUT2D eigenvalue weighted by atomic mass is 10.2. The van der Waals surface area contributed by atoms with Gasteiger partial charge in [-0.15, -0.1) is 0 Å². The number of carbonyl (C=O) groups excluding carboxylic acids is 1. The molecule has 0 aromatic heterocycles. The minimum Gasteiger partial charge on any atom is -0.396 e. The number of hydrogen-bond acceptors (Lipinski definition) is 4. The van der Waals surface area contributed by atoms with Crippen molar-refractivity contribution in [3.05, 3.63) is 35.8 Å². The zero-order valence-electron chi connectivity index (χ0n) is 6.97. The molecule has 2 aliphatic rings. The van der Waals surface area contributed by atoms with Gasteiger partial charge in [-0.1, -0.05) is 0 Å². The molecule has 0 aromatic carbocycles. The van der Waals surface area contributed by atoms with Gasteiger partial charge in [-0.2, -0.15) is 0 Å². The Bertz CT molecular complexity index is 363. The SMILES string of the molecule is NC1=CC=CN2CC(C=O)=CN=C12. The van der Waals surface area contributed by atoms with E-state index in [1.54, 1.807) is 12.3 Å². The van der Waals surface area contributed by atoms with E-state index in [2.05, 4.69) is 4.99 Å². The van der Waals surface area contributed by atoms with E-state index in [0.29, 0.717) is 23.7 Å². The van der Waals surface area contributed by atoms with Crippen LogP contribution in [-0.2, 0) is 4.79 Å². The molecular formula is C9H9N3O. The average molecular weight is 175 g/mol. The Morgan fingerprint density at radius 1 is 1.62 bits per heavy atom. The van der Waals surface area contributed by atoms with Crippen molar-refractivity contribution >= 4 is 12.1 Å². The van der Waals surface area contributed by atoms with Crippen LogP contribution >= 0.6 is 0 Å². The first-order valence-corrected chi connectivity index (χ1v) is 3.94. The molecule has 13 heavy (non-hydrogen) atoms. The summed E-state index contributed by atoms with van der Waals surface area (Å²) >= 11 is 0. The van der Waals surface area contributed by atoms with Crippen molar-refractivity contribution < 1.29 is 4.79 Å². The van der Waals surface area contributed by atoms with Crippen molar-refractivity contribution in [1.82, 2.24) is 4.90 Å². The molecule has 4 nitrogen and oxygen atoms in total. The van der Waals surface area contributed by atoms with E-state index in [-0.39, 0.29) is 0 Å². The minimum absolute atomic E-state index is 0.549. The molecule has 0 saturated carbocycles. The highest BCUT2D eigenvalue weighted by Gasteiger charge is 2.18. The fourth-order valence-corrected chi connectivity index (χ4v) is 1.29. The summed E-state index contributed by atoms with van der Waals surface area (Å²) in [4.78, 5) is 16.4. The lowest BCUT2D eigenvalue weighted by Gasteiger charge is -2.26. The highest BCUT2D eigenvalue weighted by Crippen LogP contribution is 2.13. The molecule has 0 fully saturated rings. The summed E-state index contributed by atoms with van der Waals surface area (Å²) in [5, 5.41) is 0. The van der Waals surface area contributed by atoms with Gasteiger partial charge >= 0.3 is 0 Å². The van der Waals surface area contributed by atoms with Crippen LogP contribution in [0.3, 0.4) is 0 Å². The van der Waals surface area contributed by atoms with Gasteiger partial charge in [0.1, 0.15) is 6.29 Å². The first-order valence-electron chi connectivity index (χ1n) is 3.94. The van der Waals surface area contributed by atoms with E-state index >= 15 is 0 Å². The van der Waals surface area contributed by atoms with Crippen LogP contribution < -0.4 is 5.73 Å². The zero-order chi connectivity index (χ0) is 9.26. The number of nitrogens with two attached hydrogens (primary N) is 1. The molecule has 2 aliphatic heterocycles. The maximum absolute atomic E-state index is 10.5. The average Bonchev–Trinajstić information content (AvgIpc) is 2.18. The van der Waals surface area contributed by atoms with Crippen LogP contribution in [0.2, 0.25) is 0 Å². The van der Waals surface area contributed by atoms with Crippen LogP contribution in [0.25, 0.3) is 0 Å². The second-order valence-corrected chi connectivity index (χ2v) is 2.87. The van der Waals surface area contributed by atoms with Gasteiger partial charge in [0, 0.05) is 18.0 Å². The second-order valence-electron chi connectivity index (χ2n) is 2.87. The van der Waals surface area contributed by atoms with Gasteiger partial charge in [-0.05, 0) is 12.2 Å². The lowest BCUT2D eigenvalue weighted by molar-refractivity contribution is -0.105. The van der Waals surface area contributed by atoms with Gasteiger partial charge in [0.15, 0.2) is 5.84 Å². The maximum Gasteiger partial charge on any atom is 0.156 e. The Hall–Kier alpha value is -1.84. The number of hydrogen-bond donors (Lipinski definition) is 1. The highest BCUT2D eigenvalue weighted by molar-refractivity contribution is 6.01. The van der Waals surface area contributed by atoms with Crippen molar-refractivity contribution in [3.8, 4) is 0 Å². The van der Waals surface area contributed by atoms with Crippen LogP contribution in [0, 0.1) is 0 Å². The van der Waals surface area contributed by atoms with Crippen molar-refractivity contribution in [1.29, 1.82) is 0 Å². The number of aldehydes is 1. The van der Waals surface area contributed by atoms with Crippen LogP contribution in [0.1, 0.15) is 0 Å². The molecule has 0 amide bonds. The van der Waals surface area contributed by atoms with Gasteiger partial charge in [-0.25, -0.2) is 4.99 Å². The van der Waals surface area contributed by atoms with Crippen molar-refractivity contribution in [3.63, 3.8) is 0 Å². The van der Waals surface area contributed by atoms with Gasteiger partial charge in [-0.3, -0.25) is 4.79 Å². The third kappa shape index (κ3) is 1.26. The summed E-state index contributed by atoms with van der Waals surface area (Å²) in [6.07, 6.45) is 7.84.